The van der Waals surface area contributed by atoms with Crippen LogP contribution >= 0.6 is 11.6 Å². The van der Waals surface area contributed by atoms with Gasteiger partial charge in [0.2, 0.25) is 11.8 Å². The number of halogens is 1. The zero-order chi connectivity index (χ0) is 31.6. The number of tetrazole rings is 1. The highest BCUT2D eigenvalue weighted by Gasteiger charge is 2.19. The number of aromatic nitrogens is 6. The molecule has 0 bridgehead atoms. The van der Waals surface area contributed by atoms with E-state index in [1.807, 2.05) is 36.4 Å². The molecule has 0 saturated heterocycles. The zero-order valence-electron chi connectivity index (χ0n) is 23.6. The molecular formula is C31H26ClN9O4. The number of benzene rings is 3. The molecule has 0 fully saturated rings. The SMILES string of the molecule is NC(=O)CCOC(=O)Nc1ccc(-c2cnnc(C(NC(=O)/C=C/c3cc(Cl)ccc3-n3cnnn3)c3ccccc3)c2)cc1. The van der Waals surface area contributed by atoms with Crippen molar-refractivity contribution >= 4 is 41.3 Å². The van der Waals surface area contributed by atoms with Crippen LogP contribution < -0.4 is 16.4 Å². The van der Waals surface area contributed by atoms with E-state index in [0.29, 0.717) is 27.7 Å². The summed E-state index contributed by atoms with van der Waals surface area (Å²) >= 11 is 6.21. The molecule has 45 heavy (non-hydrogen) atoms. The van der Waals surface area contributed by atoms with Crippen LogP contribution in [0.1, 0.15) is 29.3 Å². The molecule has 5 rings (SSSR count). The van der Waals surface area contributed by atoms with Gasteiger partial charge in [0.05, 0.1) is 30.0 Å². The third-order valence-electron chi connectivity index (χ3n) is 6.43. The number of ether oxygens (including phenoxy) is 1. The first kappa shape index (κ1) is 30.5. The van der Waals surface area contributed by atoms with E-state index >= 15 is 0 Å². The highest BCUT2D eigenvalue weighted by Crippen LogP contribution is 2.26. The molecule has 2 aromatic heterocycles. The maximum Gasteiger partial charge on any atom is 0.411 e. The molecule has 0 radical (unpaired) electrons. The van der Waals surface area contributed by atoms with Gasteiger partial charge in [0.25, 0.3) is 0 Å². The number of nitrogens with two attached hydrogens (primary N) is 1. The van der Waals surface area contributed by atoms with E-state index in [-0.39, 0.29) is 18.9 Å². The summed E-state index contributed by atoms with van der Waals surface area (Å²) in [5.74, 6) is -0.937. The van der Waals surface area contributed by atoms with Gasteiger partial charge in [0.15, 0.2) is 0 Å². The third kappa shape index (κ3) is 8.33. The van der Waals surface area contributed by atoms with Gasteiger partial charge in [-0.2, -0.15) is 14.9 Å². The van der Waals surface area contributed by atoms with E-state index in [4.69, 9.17) is 22.1 Å². The fourth-order valence-corrected chi connectivity index (χ4v) is 4.48. The summed E-state index contributed by atoms with van der Waals surface area (Å²) < 4.78 is 6.41. The molecule has 4 N–H and O–H groups in total. The maximum atomic E-state index is 13.2. The van der Waals surface area contributed by atoms with Crippen LogP contribution in [0.25, 0.3) is 22.9 Å². The minimum atomic E-state index is -0.700. The Bertz CT molecular complexity index is 1820. The average Bonchev–Trinajstić information content (AvgIpc) is 3.58. The van der Waals surface area contributed by atoms with Crippen LogP contribution in [0.4, 0.5) is 10.5 Å². The van der Waals surface area contributed by atoms with Gasteiger partial charge in [-0.15, -0.1) is 5.10 Å². The van der Waals surface area contributed by atoms with Crippen molar-refractivity contribution in [3.63, 3.8) is 0 Å². The van der Waals surface area contributed by atoms with Crippen LogP contribution in [0.3, 0.4) is 0 Å². The van der Waals surface area contributed by atoms with Crippen LogP contribution in [0, 0.1) is 0 Å². The Labute approximate surface area is 262 Å². The molecule has 1 unspecified atom stereocenters. The summed E-state index contributed by atoms with van der Waals surface area (Å²) in [6.07, 6.45) is 5.32. The highest BCUT2D eigenvalue weighted by molar-refractivity contribution is 6.30. The van der Waals surface area contributed by atoms with Crippen molar-refractivity contribution in [3.8, 4) is 16.8 Å². The van der Waals surface area contributed by atoms with E-state index < -0.39 is 18.0 Å². The van der Waals surface area contributed by atoms with E-state index in [1.165, 1.54) is 17.1 Å². The van der Waals surface area contributed by atoms with Crippen LogP contribution in [0.2, 0.25) is 5.02 Å². The molecule has 3 amide bonds. The molecule has 1 atom stereocenters. The van der Waals surface area contributed by atoms with Gasteiger partial charge in [0, 0.05) is 27.9 Å². The quantitative estimate of drug-likeness (QED) is 0.182. The Hall–Kier alpha value is -5.95. The van der Waals surface area contributed by atoms with Crippen LogP contribution in [0.5, 0.6) is 0 Å². The number of primary amides is 1. The summed E-state index contributed by atoms with van der Waals surface area (Å²) in [4.78, 5) is 36.0. The predicted octanol–water partition coefficient (Wildman–Crippen LogP) is 4.12. The molecule has 0 aliphatic carbocycles. The normalized spacial score (nSPS) is 11.6. The number of anilines is 1. The Morgan fingerprint density at radius 3 is 2.51 bits per heavy atom. The largest absolute Gasteiger partial charge is 0.449 e. The summed E-state index contributed by atoms with van der Waals surface area (Å²) in [6, 6.07) is 22.8. The number of amides is 3. The van der Waals surface area contributed by atoms with Gasteiger partial charge in [-0.3, -0.25) is 14.9 Å². The standard InChI is InChI=1S/C31H26ClN9O4/c32-24-9-12-27(41-19-35-39-40-41)22(16-24)8-13-29(43)37-30(21-4-2-1-3-5-21)26-17-23(18-34-38-26)20-6-10-25(11-7-20)36-31(44)45-15-14-28(33)42/h1-13,16-19,30H,14-15H2,(H2,33,42)(H,36,44)(H,37,43)/b13-8+. The highest BCUT2D eigenvalue weighted by atomic mass is 35.5. The van der Waals surface area contributed by atoms with Crippen molar-refractivity contribution in [2.24, 2.45) is 5.73 Å². The Balaban J connectivity index is 1.34. The van der Waals surface area contributed by atoms with Crippen molar-refractivity contribution in [1.29, 1.82) is 0 Å². The van der Waals surface area contributed by atoms with Crippen molar-refractivity contribution in [2.45, 2.75) is 12.5 Å². The number of hydrogen-bond donors (Lipinski definition) is 3. The Kier molecular flexibility index (Phi) is 9.82. The van der Waals surface area contributed by atoms with Gasteiger partial charge in [-0.1, -0.05) is 54.1 Å². The second kappa shape index (κ2) is 14.5. The predicted molar refractivity (Wildman–Crippen MR) is 166 cm³/mol. The molecule has 0 aliphatic heterocycles. The van der Waals surface area contributed by atoms with E-state index in [2.05, 4.69) is 36.4 Å². The van der Waals surface area contributed by atoms with Gasteiger partial charge < -0.3 is 15.8 Å². The van der Waals surface area contributed by atoms with Crippen LogP contribution in [-0.4, -0.2) is 54.9 Å². The maximum absolute atomic E-state index is 13.2. The zero-order valence-corrected chi connectivity index (χ0v) is 24.3. The molecular weight excluding hydrogens is 598 g/mol. The fraction of sp³-hybridized carbons (Fsp3) is 0.0968. The van der Waals surface area contributed by atoms with Crippen molar-refractivity contribution in [3.05, 3.63) is 119 Å². The Morgan fingerprint density at radius 1 is 0.978 bits per heavy atom. The first-order chi connectivity index (χ1) is 21.9. The van der Waals surface area contributed by atoms with E-state index in [9.17, 15) is 14.4 Å². The molecule has 0 saturated carbocycles. The first-order valence-electron chi connectivity index (χ1n) is 13.6. The monoisotopic (exact) mass is 623 g/mol. The van der Waals surface area contributed by atoms with E-state index in [1.54, 1.807) is 54.7 Å². The second-order valence-corrected chi connectivity index (χ2v) is 10.0. The number of hydrogen-bond acceptors (Lipinski definition) is 9. The fourth-order valence-electron chi connectivity index (χ4n) is 4.29. The lowest BCUT2D eigenvalue weighted by Gasteiger charge is -2.18. The summed E-state index contributed by atoms with van der Waals surface area (Å²) in [7, 11) is 0. The molecule has 0 aliphatic rings. The minimum absolute atomic E-state index is 0.0603. The second-order valence-electron chi connectivity index (χ2n) is 9.57. The topological polar surface area (TPSA) is 180 Å². The molecule has 13 nitrogen and oxygen atoms in total. The lowest BCUT2D eigenvalue weighted by atomic mass is 10.00. The van der Waals surface area contributed by atoms with Crippen molar-refractivity contribution < 1.29 is 19.1 Å². The van der Waals surface area contributed by atoms with Crippen molar-refractivity contribution in [2.75, 3.05) is 11.9 Å². The summed E-state index contributed by atoms with van der Waals surface area (Å²) in [6.45, 7) is -0.109. The number of rotatable bonds is 11. The van der Waals surface area contributed by atoms with E-state index in [0.717, 1.165) is 16.7 Å². The van der Waals surface area contributed by atoms with Gasteiger partial charge >= 0.3 is 6.09 Å². The summed E-state index contributed by atoms with van der Waals surface area (Å²) in [5, 5.41) is 25.9. The average molecular weight is 624 g/mol. The van der Waals surface area contributed by atoms with Gasteiger partial charge in [-0.25, -0.2) is 4.79 Å². The lowest BCUT2D eigenvalue weighted by molar-refractivity contribution is -0.119. The lowest BCUT2D eigenvalue weighted by Crippen LogP contribution is -2.28. The molecule has 226 valence electrons. The summed E-state index contributed by atoms with van der Waals surface area (Å²) in [5.41, 5.74) is 9.69. The van der Waals surface area contributed by atoms with Gasteiger partial charge in [-0.05, 0) is 64.0 Å². The van der Waals surface area contributed by atoms with Gasteiger partial charge in [0.1, 0.15) is 12.9 Å². The van der Waals surface area contributed by atoms with Crippen LogP contribution in [0.15, 0.2) is 97.5 Å². The number of carbonyl (C=O) groups is 3. The number of carbonyl (C=O) groups excluding carboxylic acids is 3. The molecule has 5 aromatic rings. The third-order valence-corrected chi connectivity index (χ3v) is 6.67. The minimum Gasteiger partial charge on any atom is -0.449 e. The smallest absolute Gasteiger partial charge is 0.411 e. The first-order valence-corrected chi connectivity index (χ1v) is 13.9. The number of nitrogens with zero attached hydrogens (tertiary/aromatic N) is 6. The number of nitrogens with one attached hydrogen (secondary N) is 2. The Morgan fingerprint density at radius 2 is 1.78 bits per heavy atom. The van der Waals surface area contributed by atoms with Crippen LogP contribution in [-0.2, 0) is 14.3 Å². The molecule has 2 heterocycles. The molecule has 14 heteroatoms. The molecule has 0 spiro atoms. The molecule has 3 aromatic carbocycles. The van der Waals surface area contributed by atoms with Crippen molar-refractivity contribution in [1.82, 2.24) is 35.7 Å².